The van der Waals surface area contributed by atoms with Crippen molar-refractivity contribution in [2.75, 3.05) is 0 Å². The molecule has 0 aromatic heterocycles. The quantitative estimate of drug-likeness (QED) is 0.652. The largest absolute Gasteiger partial charge is 0.325 e. The zero-order chi connectivity index (χ0) is 8.91. The van der Waals surface area contributed by atoms with Gasteiger partial charge in [0.2, 0.25) is 0 Å². The van der Waals surface area contributed by atoms with Crippen molar-refractivity contribution in [2.45, 2.75) is 58.9 Å². The van der Waals surface area contributed by atoms with Gasteiger partial charge in [0, 0.05) is 5.54 Å². The van der Waals surface area contributed by atoms with Gasteiger partial charge in [-0.1, -0.05) is 33.6 Å². The molecule has 0 aliphatic carbocycles. The van der Waals surface area contributed by atoms with E-state index in [1.54, 1.807) is 0 Å². The molecule has 1 unspecified atom stereocenters. The van der Waals surface area contributed by atoms with Crippen molar-refractivity contribution >= 4 is 0 Å². The summed E-state index contributed by atoms with van der Waals surface area (Å²) >= 11 is 0. The molecule has 1 nitrogen and oxygen atoms in total. The molecule has 0 spiro atoms. The van der Waals surface area contributed by atoms with Crippen molar-refractivity contribution in [3.8, 4) is 0 Å². The van der Waals surface area contributed by atoms with Crippen LogP contribution in [0.4, 0.5) is 0 Å². The van der Waals surface area contributed by atoms with Crippen LogP contribution in [0.2, 0.25) is 0 Å². The van der Waals surface area contributed by atoms with Crippen molar-refractivity contribution < 1.29 is 0 Å². The summed E-state index contributed by atoms with van der Waals surface area (Å²) in [6.45, 7) is 8.85. The number of unbranched alkanes of at least 4 members (excludes halogenated alkanes) is 1. The second kappa shape index (κ2) is 4.76. The van der Waals surface area contributed by atoms with Crippen LogP contribution in [0, 0.1) is 5.92 Å². The summed E-state index contributed by atoms with van der Waals surface area (Å²) < 4.78 is 0. The maximum absolute atomic E-state index is 6.10. The summed E-state index contributed by atoms with van der Waals surface area (Å²) in [5, 5.41) is 0. The second-order valence-corrected chi connectivity index (χ2v) is 4.36. The van der Waals surface area contributed by atoms with Gasteiger partial charge in [0.05, 0.1) is 0 Å². The fourth-order valence-corrected chi connectivity index (χ4v) is 1.62. The summed E-state index contributed by atoms with van der Waals surface area (Å²) in [4.78, 5) is 0. The Labute approximate surface area is 71.4 Å². The first kappa shape index (κ1) is 11.0. The second-order valence-electron chi connectivity index (χ2n) is 4.36. The number of hydrogen-bond acceptors (Lipinski definition) is 1. The highest BCUT2D eigenvalue weighted by Gasteiger charge is 2.18. The Morgan fingerprint density at radius 3 is 2.27 bits per heavy atom. The highest BCUT2D eigenvalue weighted by Crippen LogP contribution is 2.19. The van der Waals surface area contributed by atoms with Crippen LogP contribution >= 0.6 is 0 Å². The first-order chi connectivity index (χ1) is 4.98. The maximum Gasteiger partial charge on any atom is 0.0128 e. The molecule has 0 amide bonds. The van der Waals surface area contributed by atoms with E-state index in [1.165, 1.54) is 19.3 Å². The average Bonchev–Trinajstić information content (AvgIpc) is 1.81. The first-order valence-corrected chi connectivity index (χ1v) is 4.77. The molecule has 0 radical (unpaired) electrons. The van der Waals surface area contributed by atoms with E-state index in [-0.39, 0.29) is 5.54 Å². The van der Waals surface area contributed by atoms with Gasteiger partial charge < -0.3 is 5.73 Å². The lowest BCUT2D eigenvalue weighted by molar-refractivity contribution is 0.338. The third kappa shape index (κ3) is 6.36. The zero-order valence-electron chi connectivity index (χ0n) is 8.48. The van der Waals surface area contributed by atoms with Crippen molar-refractivity contribution in [3.05, 3.63) is 0 Å². The molecule has 0 aliphatic heterocycles. The van der Waals surface area contributed by atoms with E-state index < -0.39 is 0 Å². The van der Waals surface area contributed by atoms with Crippen LogP contribution in [0.5, 0.6) is 0 Å². The van der Waals surface area contributed by atoms with Gasteiger partial charge in [-0.05, 0) is 25.7 Å². The molecule has 0 aromatic carbocycles. The Kier molecular flexibility index (Phi) is 4.74. The van der Waals surface area contributed by atoms with Crippen LogP contribution in [-0.4, -0.2) is 5.54 Å². The van der Waals surface area contributed by atoms with Gasteiger partial charge in [-0.2, -0.15) is 0 Å². The van der Waals surface area contributed by atoms with Gasteiger partial charge in [-0.15, -0.1) is 0 Å². The highest BCUT2D eigenvalue weighted by atomic mass is 14.7. The van der Waals surface area contributed by atoms with E-state index in [1.807, 2.05) is 0 Å². The minimum atomic E-state index is 0.0736. The molecule has 0 bridgehead atoms. The lowest BCUT2D eigenvalue weighted by atomic mass is 9.87. The molecule has 11 heavy (non-hydrogen) atoms. The van der Waals surface area contributed by atoms with Gasteiger partial charge >= 0.3 is 0 Å². The van der Waals surface area contributed by atoms with E-state index >= 15 is 0 Å². The van der Waals surface area contributed by atoms with E-state index in [0.29, 0.717) is 0 Å². The van der Waals surface area contributed by atoms with Crippen molar-refractivity contribution in [2.24, 2.45) is 11.7 Å². The fraction of sp³-hybridized carbons (Fsp3) is 1.00. The molecule has 0 saturated heterocycles. The normalized spacial score (nSPS) is 16.9. The van der Waals surface area contributed by atoms with Crippen molar-refractivity contribution in [1.29, 1.82) is 0 Å². The Morgan fingerprint density at radius 2 is 1.91 bits per heavy atom. The zero-order valence-corrected chi connectivity index (χ0v) is 8.48. The third-order valence-corrected chi connectivity index (χ3v) is 1.98. The summed E-state index contributed by atoms with van der Waals surface area (Å²) in [7, 11) is 0. The molecule has 1 atom stereocenters. The predicted molar refractivity (Wildman–Crippen MR) is 51.6 cm³/mol. The first-order valence-electron chi connectivity index (χ1n) is 4.77. The molecule has 0 saturated carbocycles. The number of rotatable bonds is 5. The van der Waals surface area contributed by atoms with Crippen molar-refractivity contribution in [1.82, 2.24) is 0 Å². The Bertz CT molecular complexity index is 95.0. The van der Waals surface area contributed by atoms with Gasteiger partial charge in [0.1, 0.15) is 0 Å². The lowest BCUT2D eigenvalue weighted by Gasteiger charge is -2.26. The van der Waals surface area contributed by atoms with Crippen LogP contribution in [0.1, 0.15) is 53.4 Å². The Morgan fingerprint density at radius 1 is 1.36 bits per heavy atom. The molecular weight excluding hydrogens is 134 g/mol. The Balaban J connectivity index is 3.61. The average molecular weight is 157 g/mol. The molecule has 0 rings (SSSR count). The molecule has 0 heterocycles. The molecule has 0 fully saturated rings. The van der Waals surface area contributed by atoms with Gasteiger partial charge in [0.25, 0.3) is 0 Å². The van der Waals surface area contributed by atoms with Gasteiger partial charge in [-0.25, -0.2) is 0 Å². The highest BCUT2D eigenvalue weighted by molar-refractivity contribution is 4.79. The molecular formula is C10H23N. The minimum absolute atomic E-state index is 0.0736. The fourth-order valence-electron chi connectivity index (χ4n) is 1.62. The summed E-state index contributed by atoms with van der Waals surface area (Å²) in [6, 6.07) is 0. The van der Waals surface area contributed by atoms with Crippen LogP contribution in [0.15, 0.2) is 0 Å². The van der Waals surface area contributed by atoms with Crippen LogP contribution in [-0.2, 0) is 0 Å². The van der Waals surface area contributed by atoms with Crippen LogP contribution in [0.3, 0.4) is 0 Å². The minimum Gasteiger partial charge on any atom is -0.325 e. The molecule has 2 N–H and O–H groups in total. The molecule has 0 aromatic rings. The van der Waals surface area contributed by atoms with Crippen molar-refractivity contribution in [3.63, 3.8) is 0 Å². The molecule has 1 heteroatoms. The topological polar surface area (TPSA) is 26.0 Å². The van der Waals surface area contributed by atoms with Crippen LogP contribution in [0.25, 0.3) is 0 Å². The standard InChI is InChI=1S/C10H23N/c1-5-6-7-10(4,11)8-9(2)3/h9H,5-8,11H2,1-4H3. The van der Waals surface area contributed by atoms with E-state index in [2.05, 4.69) is 27.7 Å². The number of hydrogen-bond donors (Lipinski definition) is 1. The predicted octanol–water partition coefficient (Wildman–Crippen LogP) is 2.94. The van der Waals surface area contributed by atoms with Crippen LogP contribution < -0.4 is 5.73 Å². The Hall–Kier alpha value is -0.0400. The smallest absolute Gasteiger partial charge is 0.0128 e. The summed E-state index contributed by atoms with van der Waals surface area (Å²) in [5.74, 6) is 0.724. The summed E-state index contributed by atoms with van der Waals surface area (Å²) in [6.07, 6.45) is 4.83. The van der Waals surface area contributed by atoms with E-state index in [9.17, 15) is 0 Å². The van der Waals surface area contributed by atoms with Gasteiger partial charge in [0.15, 0.2) is 0 Å². The van der Waals surface area contributed by atoms with E-state index in [4.69, 9.17) is 5.73 Å². The van der Waals surface area contributed by atoms with E-state index in [0.717, 1.165) is 12.3 Å². The number of nitrogens with two attached hydrogens (primary N) is 1. The summed E-state index contributed by atoms with van der Waals surface area (Å²) in [5.41, 5.74) is 6.18. The molecule has 0 aliphatic rings. The monoisotopic (exact) mass is 157 g/mol. The maximum atomic E-state index is 6.10. The van der Waals surface area contributed by atoms with Gasteiger partial charge in [-0.3, -0.25) is 0 Å². The molecule has 68 valence electrons. The lowest BCUT2D eigenvalue weighted by Crippen LogP contribution is -2.37. The third-order valence-electron chi connectivity index (χ3n) is 1.98. The SMILES string of the molecule is CCCCC(C)(N)CC(C)C.